The van der Waals surface area contributed by atoms with E-state index in [1.807, 2.05) is 80.6 Å². The van der Waals surface area contributed by atoms with E-state index >= 15 is 0 Å². The molecule has 0 saturated carbocycles. The molecule has 3 aromatic carbocycles. The number of anilines is 3. The van der Waals surface area contributed by atoms with E-state index in [9.17, 15) is 9.59 Å². The minimum atomic E-state index is -0.813. The molecule has 0 fully saturated rings. The number of aromatic nitrogens is 2. The number of carbonyl (C=O) groups is 2. The smallest absolute Gasteiger partial charge is 0.262 e. The van der Waals surface area contributed by atoms with Gasteiger partial charge in [-0.05, 0) is 68.3 Å². The minimum Gasteiger partial charge on any atom is -0.477 e. The van der Waals surface area contributed by atoms with Crippen LogP contribution in [0.25, 0.3) is 0 Å². The van der Waals surface area contributed by atoms with Gasteiger partial charge in [0.25, 0.3) is 11.8 Å². The van der Waals surface area contributed by atoms with Crippen LogP contribution in [0.3, 0.4) is 0 Å². The summed E-state index contributed by atoms with van der Waals surface area (Å²) in [5, 5.41) is 6.13. The number of benzene rings is 3. The second kappa shape index (κ2) is 11.1. The quantitative estimate of drug-likeness (QED) is 0.379. The summed E-state index contributed by atoms with van der Waals surface area (Å²) in [4.78, 5) is 37.0. The molecule has 2 heterocycles. The van der Waals surface area contributed by atoms with Gasteiger partial charge < -0.3 is 20.3 Å². The fourth-order valence-electron chi connectivity index (χ4n) is 4.41. The summed E-state index contributed by atoms with van der Waals surface area (Å²) in [6.07, 6.45) is -0.0984. The number of rotatable bonds is 7. The van der Waals surface area contributed by atoms with Crippen molar-refractivity contribution in [1.82, 2.24) is 15.3 Å². The fourth-order valence-corrected chi connectivity index (χ4v) is 4.41. The van der Waals surface area contributed by atoms with Gasteiger partial charge in [0.1, 0.15) is 5.75 Å². The summed E-state index contributed by atoms with van der Waals surface area (Å²) in [5.41, 5.74) is 4.78. The molecule has 8 heteroatoms. The molecule has 0 aliphatic carbocycles. The lowest BCUT2D eigenvalue weighted by atomic mass is 10.1. The first kappa shape index (κ1) is 25.0. The number of aryl methyl sites for hydroxylation is 2. The first-order valence-electron chi connectivity index (χ1n) is 12.5. The maximum absolute atomic E-state index is 13.6. The highest BCUT2D eigenvalue weighted by molar-refractivity contribution is 6.08. The van der Waals surface area contributed by atoms with Gasteiger partial charge >= 0.3 is 0 Å². The molecule has 8 nitrogen and oxygen atoms in total. The molecule has 5 rings (SSSR count). The van der Waals surface area contributed by atoms with Gasteiger partial charge in [0.2, 0.25) is 5.95 Å². The van der Waals surface area contributed by atoms with Crippen LogP contribution in [-0.4, -0.2) is 41.0 Å². The normalized spacial score (nSPS) is 14.3. The van der Waals surface area contributed by atoms with Crippen molar-refractivity contribution in [3.8, 4) is 5.75 Å². The lowest BCUT2D eigenvalue weighted by molar-refractivity contribution is -0.127. The number of hydrogen-bond acceptors (Lipinski definition) is 6. The standard InChI is InChI=1S/C30H29N5O3/c1-20-18-21(2)33-30(32-20)34-24-14-12-23(13-15-24)29(37)35-19-27(38-26-11-7-6-10-25(26)35)28(36)31-17-16-22-8-4-3-5-9-22/h3-15,18,27H,16-17,19H2,1-2H3,(H,31,36)(H,32,33,34)/t27-/m0/s1. The van der Waals surface area contributed by atoms with Crippen LogP contribution in [0.15, 0.2) is 84.9 Å². The van der Waals surface area contributed by atoms with E-state index in [1.54, 1.807) is 23.1 Å². The Kier molecular flexibility index (Phi) is 7.31. The molecule has 1 aliphatic rings. The number of nitrogens with one attached hydrogen (secondary N) is 2. The maximum atomic E-state index is 13.6. The van der Waals surface area contributed by atoms with Crippen LogP contribution in [0.5, 0.6) is 5.75 Å². The number of para-hydroxylation sites is 2. The monoisotopic (exact) mass is 507 g/mol. The number of fused-ring (bicyclic) bond motifs is 1. The van der Waals surface area contributed by atoms with E-state index in [2.05, 4.69) is 20.6 Å². The van der Waals surface area contributed by atoms with Gasteiger partial charge in [0, 0.05) is 29.2 Å². The molecule has 0 spiro atoms. The first-order chi connectivity index (χ1) is 18.5. The van der Waals surface area contributed by atoms with Crippen LogP contribution < -0.4 is 20.3 Å². The van der Waals surface area contributed by atoms with Crippen molar-refractivity contribution in [2.45, 2.75) is 26.4 Å². The fraction of sp³-hybridized carbons (Fsp3) is 0.200. The van der Waals surface area contributed by atoms with E-state index in [-0.39, 0.29) is 18.4 Å². The summed E-state index contributed by atoms with van der Waals surface area (Å²) in [6, 6.07) is 26.3. The molecule has 38 heavy (non-hydrogen) atoms. The zero-order valence-electron chi connectivity index (χ0n) is 21.3. The lowest BCUT2D eigenvalue weighted by Crippen LogP contribution is -2.51. The Morgan fingerprint density at radius 2 is 1.61 bits per heavy atom. The molecule has 0 radical (unpaired) electrons. The summed E-state index contributed by atoms with van der Waals surface area (Å²) >= 11 is 0. The van der Waals surface area contributed by atoms with Crippen LogP contribution in [-0.2, 0) is 11.2 Å². The average molecular weight is 508 g/mol. The van der Waals surface area contributed by atoms with Crippen LogP contribution in [0.1, 0.15) is 27.3 Å². The summed E-state index contributed by atoms with van der Waals surface area (Å²) in [7, 11) is 0. The van der Waals surface area contributed by atoms with Gasteiger partial charge in [0.15, 0.2) is 6.10 Å². The largest absolute Gasteiger partial charge is 0.477 e. The van der Waals surface area contributed by atoms with Crippen molar-refractivity contribution < 1.29 is 14.3 Å². The SMILES string of the molecule is Cc1cc(C)nc(Nc2ccc(C(=O)N3C[C@@H](C(=O)NCCc4ccccc4)Oc4ccccc43)cc2)n1. The predicted octanol–water partition coefficient (Wildman–Crippen LogP) is 4.60. The van der Waals surface area contributed by atoms with Crippen molar-refractivity contribution in [3.05, 3.63) is 107 Å². The molecule has 0 unspecified atom stereocenters. The summed E-state index contributed by atoms with van der Waals surface area (Å²) in [6.45, 7) is 4.43. The number of nitrogens with zero attached hydrogens (tertiary/aromatic N) is 3. The van der Waals surface area contributed by atoms with Crippen molar-refractivity contribution in [2.75, 3.05) is 23.3 Å². The third-order valence-electron chi connectivity index (χ3n) is 6.24. The van der Waals surface area contributed by atoms with E-state index in [0.717, 1.165) is 22.6 Å². The Bertz CT molecular complexity index is 1420. The van der Waals surface area contributed by atoms with E-state index < -0.39 is 6.10 Å². The van der Waals surface area contributed by atoms with Gasteiger partial charge in [-0.25, -0.2) is 9.97 Å². The highest BCUT2D eigenvalue weighted by atomic mass is 16.5. The van der Waals surface area contributed by atoms with Crippen molar-refractivity contribution in [3.63, 3.8) is 0 Å². The summed E-state index contributed by atoms with van der Waals surface area (Å²) < 4.78 is 5.99. The Labute approximate surface area is 221 Å². The van der Waals surface area contributed by atoms with Gasteiger partial charge in [-0.1, -0.05) is 42.5 Å². The van der Waals surface area contributed by atoms with Gasteiger partial charge in [-0.3, -0.25) is 9.59 Å². The summed E-state index contributed by atoms with van der Waals surface area (Å²) in [5.74, 6) is 0.545. The molecule has 2 N–H and O–H groups in total. The second-order valence-electron chi connectivity index (χ2n) is 9.19. The molecular formula is C30H29N5O3. The average Bonchev–Trinajstić information content (AvgIpc) is 2.92. The van der Waals surface area contributed by atoms with E-state index in [1.165, 1.54) is 0 Å². The zero-order valence-corrected chi connectivity index (χ0v) is 21.3. The Hall–Kier alpha value is -4.72. The molecule has 1 aromatic heterocycles. The molecule has 1 aliphatic heterocycles. The molecule has 1 atom stereocenters. The predicted molar refractivity (Wildman–Crippen MR) is 147 cm³/mol. The maximum Gasteiger partial charge on any atom is 0.262 e. The minimum absolute atomic E-state index is 0.115. The molecule has 192 valence electrons. The van der Waals surface area contributed by atoms with Crippen LogP contribution in [0, 0.1) is 13.8 Å². The molecule has 2 amide bonds. The lowest BCUT2D eigenvalue weighted by Gasteiger charge is -2.34. The molecule has 0 bridgehead atoms. The Morgan fingerprint density at radius 1 is 0.921 bits per heavy atom. The van der Waals surface area contributed by atoms with Crippen LogP contribution >= 0.6 is 0 Å². The molecule has 0 saturated heterocycles. The first-order valence-corrected chi connectivity index (χ1v) is 12.5. The number of hydrogen-bond donors (Lipinski definition) is 2. The Morgan fingerprint density at radius 3 is 2.34 bits per heavy atom. The van der Waals surface area contributed by atoms with E-state index in [4.69, 9.17) is 4.74 Å². The number of ether oxygens (including phenoxy) is 1. The van der Waals surface area contributed by atoms with Crippen LogP contribution in [0.4, 0.5) is 17.3 Å². The van der Waals surface area contributed by atoms with Gasteiger partial charge in [-0.15, -0.1) is 0 Å². The second-order valence-corrected chi connectivity index (χ2v) is 9.19. The van der Waals surface area contributed by atoms with Crippen molar-refractivity contribution in [1.29, 1.82) is 0 Å². The van der Waals surface area contributed by atoms with Crippen molar-refractivity contribution >= 4 is 29.1 Å². The highest BCUT2D eigenvalue weighted by Gasteiger charge is 2.34. The third-order valence-corrected chi connectivity index (χ3v) is 6.24. The zero-order chi connectivity index (χ0) is 26.5. The topological polar surface area (TPSA) is 96.5 Å². The number of amides is 2. The van der Waals surface area contributed by atoms with Crippen molar-refractivity contribution in [2.24, 2.45) is 0 Å². The van der Waals surface area contributed by atoms with Crippen LogP contribution in [0.2, 0.25) is 0 Å². The van der Waals surface area contributed by atoms with E-state index in [0.29, 0.717) is 35.9 Å². The van der Waals surface area contributed by atoms with Gasteiger partial charge in [0.05, 0.1) is 12.2 Å². The number of carbonyl (C=O) groups excluding carboxylic acids is 2. The Balaban J connectivity index is 1.28. The van der Waals surface area contributed by atoms with Gasteiger partial charge in [-0.2, -0.15) is 0 Å². The molecular weight excluding hydrogens is 478 g/mol. The molecule has 4 aromatic rings. The highest BCUT2D eigenvalue weighted by Crippen LogP contribution is 2.34. The third kappa shape index (κ3) is 5.81.